The Bertz CT molecular complexity index is 479. The summed E-state index contributed by atoms with van der Waals surface area (Å²) in [5.41, 5.74) is 5.49. The molecule has 0 unspecified atom stereocenters. The van der Waals surface area contributed by atoms with E-state index < -0.39 is 17.5 Å². The van der Waals surface area contributed by atoms with Crippen molar-refractivity contribution in [2.24, 2.45) is 0 Å². The largest absolute Gasteiger partial charge is 0.398 e. The summed E-state index contributed by atoms with van der Waals surface area (Å²) in [6.45, 7) is 3.10. The predicted octanol–water partition coefficient (Wildman–Crippen LogP) is 1.41. The van der Waals surface area contributed by atoms with Crippen LogP contribution in [0.2, 0.25) is 0 Å². The Labute approximate surface area is 103 Å². The van der Waals surface area contributed by atoms with Gasteiger partial charge in [0.1, 0.15) is 0 Å². The summed E-state index contributed by atoms with van der Waals surface area (Å²) in [6.07, 6.45) is 0. The lowest BCUT2D eigenvalue weighted by Crippen LogP contribution is -2.47. The summed E-state index contributed by atoms with van der Waals surface area (Å²) in [5.74, 6) is -2.53. The highest BCUT2D eigenvalue weighted by atomic mass is 19.2. The van der Waals surface area contributed by atoms with E-state index in [0.717, 1.165) is 12.1 Å². The Hall–Kier alpha value is -1.69. The number of rotatable bonds is 1. The van der Waals surface area contributed by atoms with Crippen LogP contribution in [0.3, 0.4) is 0 Å². The van der Waals surface area contributed by atoms with Gasteiger partial charge in [-0.05, 0) is 13.0 Å². The van der Waals surface area contributed by atoms with Crippen molar-refractivity contribution >= 4 is 11.6 Å². The van der Waals surface area contributed by atoms with Crippen molar-refractivity contribution < 1.29 is 18.3 Å². The first-order valence-corrected chi connectivity index (χ1v) is 5.64. The Kier molecular flexibility index (Phi) is 3.47. The minimum Gasteiger partial charge on any atom is -0.398 e. The molecule has 0 bridgehead atoms. The number of hydrogen-bond acceptors (Lipinski definition) is 3. The van der Waals surface area contributed by atoms with Crippen LogP contribution in [0.25, 0.3) is 0 Å². The van der Waals surface area contributed by atoms with E-state index in [1.807, 2.05) is 6.92 Å². The first-order chi connectivity index (χ1) is 8.50. The fourth-order valence-corrected chi connectivity index (χ4v) is 1.93. The summed E-state index contributed by atoms with van der Waals surface area (Å²) < 4.78 is 31.3. The van der Waals surface area contributed by atoms with Gasteiger partial charge >= 0.3 is 0 Å². The van der Waals surface area contributed by atoms with Gasteiger partial charge in [-0.15, -0.1) is 0 Å². The van der Waals surface area contributed by atoms with Gasteiger partial charge in [-0.3, -0.25) is 4.79 Å². The molecule has 4 nitrogen and oxygen atoms in total. The van der Waals surface area contributed by atoms with Crippen molar-refractivity contribution in [3.05, 3.63) is 29.3 Å². The average molecular weight is 256 g/mol. The summed E-state index contributed by atoms with van der Waals surface area (Å²) in [4.78, 5) is 13.7. The van der Waals surface area contributed by atoms with Gasteiger partial charge in [-0.1, -0.05) is 0 Å². The summed E-state index contributed by atoms with van der Waals surface area (Å²) in [6, 6.07) is 1.56. The molecule has 0 aliphatic carbocycles. The maximum atomic E-state index is 13.2. The third-order valence-electron chi connectivity index (χ3n) is 2.95. The van der Waals surface area contributed by atoms with Gasteiger partial charge in [0, 0.05) is 18.3 Å². The molecule has 2 rings (SSSR count). The number of carbonyl (C=O) groups excluding carboxylic acids is 1. The van der Waals surface area contributed by atoms with Crippen LogP contribution in [0.4, 0.5) is 14.5 Å². The summed E-state index contributed by atoms with van der Waals surface area (Å²) in [7, 11) is 0. The molecule has 0 saturated carbocycles. The van der Waals surface area contributed by atoms with Crippen molar-refractivity contribution in [1.82, 2.24) is 4.90 Å². The third kappa shape index (κ3) is 2.28. The van der Waals surface area contributed by atoms with Crippen LogP contribution in [0, 0.1) is 11.6 Å². The molecular weight excluding hydrogens is 242 g/mol. The van der Waals surface area contributed by atoms with Crippen LogP contribution < -0.4 is 5.73 Å². The van der Waals surface area contributed by atoms with E-state index in [9.17, 15) is 13.6 Å². The van der Waals surface area contributed by atoms with Crippen molar-refractivity contribution in [3.8, 4) is 0 Å². The lowest BCUT2D eigenvalue weighted by Gasteiger charge is -2.33. The molecule has 1 aromatic rings. The predicted molar refractivity (Wildman–Crippen MR) is 62.1 cm³/mol. The number of amides is 1. The number of nitrogens with two attached hydrogens (primary N) is 1. The highest BCUT2D eigenvalue weighted by Gasteiger charge is 2.26. The molecule has 1 aromatic carbocycles. The van der Waals surface area contributed by atoms with E-state index in [-0.39, 0.29) is 17.3 Å². The number of nitrogens with zero attached hydrogens (tertiary/aromatic N) is 1. The Morgan fingerprint density at radius 3 is 2.78 bits per heavy atom. The second kappa shape index (κ2) is 4.89. The Morgan fingerprint density at radius 1 is 1.44 bits per heavy atom. The molecule has 18 heavy (non-hydrogen) atoms. The number of morpholine rings is 1. The van der Waals surface area contributed by atoms with Crippen LogP contribution >= 0.6 is 0 Å². The molecule has 0 radical (unpaired) electrons. The Balaban J connectivity index is 2.30. The molecule has 6 heteroatoms. The van der Waals surface area contributed by atoms with Crippen molar-refractivity contribution in [1.29, 1.82) is 0 Å². The van der Waals surface area contributed by atoms with E-state index in [0.29, 0.717) is 19.8 Å². The highest BCUT2D eigenvalue weighted by molar-refractivity contribution is 5.99. The molecule has 1 atom stereocenters. The van der Waals surface area contributed by atoms with Crippen molar-refractivity contribution in [2.75, 3.05) is 25.5 Å². The lowest BCUT2D eigenvalue weighted by molar-refractivity contribution is 0.00362. The van der Waals surface area contributed by atoms with E-state index in [1.54, 1.807) is 4.90 Å². The first kappa shape index (κ1) is 12.8. The number of carbonyl (C=O) groups is 1. The average Bonchev–Trinajstić information content (AvgIpc) is 2.33. The number of halogens is 2. The lowest BCUT2D eigenvalue weighted by atomic mass is 10.1. The van der Waals surface area contributed by atoms with E-state index in [2.05, 4.69) is 0 Å². The standard InChI is InChI=1S/C12H14F2N2O2/c1-7-6-18-3-2-16(7)12(17)8-4-9(13)10(14)5-11(8)15/h4-5,7H,2-3,6,15H2,1H3/t7-/m1/s1. The molecule has 1 aliphatic rings. The van der Waals surface area contributed by atoms with Crippen LogP contribution in [0.1, 0.15) is 17.3 Å². The van der Waals surface area contributed by atoms with Gasteiger partial charge in [0.2, 0.25) is 0 Å². The molecule has 0 spiro atoms. The van der Waals surface area contributed by atoms with E-state index in [1.165, 1.54) is 0 Å². The fourth-order valence-electron chi connectivity index (χ4n) is 1.93. The van der Waals surface area contributed by atoms with Crippen LogP contribution in [-0.2, 0) is 4.74 Å². The number of nitrogen functional groups attached to an aromatic ring is 1. The molecule has 1 aliphatic heterocycles. The van der Waals surface area contributed by atoms with E-state index in [4.69, 9.17) is 10.5 Å². The SMILES string of the molecule is C[C@@H]1COCCN1C(=O)c1cc(F)c(F)cc1N. The zero-order chi connectivity index (χ0) is 13.3. The van der Waals surface area contributed by atoms with Crippen molar-refractivity contribution in [2.45, 2.75) is 13.0 Å². The van der Waals surface area contributed by atoms with Crippen LogP contribution in [0.15, 0.2) is 12.1 Å². The molecule has 1 saturated heterocycles. The summed E-state index contributed by atoms with van der Waals surface area (Å²) in [5, 5.41) is 0. The van der Waals surface area contributed by atoms with Gasteiger partial charge in [0.05, 0.1) is 24.8 Å². The maximum absolute atomic E-state index is 13.2. The minimum absolute atomic E-state index is 0.0114. The number of ether oxygens (including phenoxy) is 1. The smallest absolute Gasteiger partial charge is 0.256 e. The first-order valence-electron chi connectivity index (χ1n) is 5.64. The number of hydrogen-bond donors (Lipinski definition) is 1. The number of benzene rings is 1. The zero-order valence-electron chi connectivity index (χ0n) is 9.95. The molecule has 1 heterocycles. The highest BCUT2D eigenvalue weighted by Crippen LogP contribution is 2.20. The molecule has 98 valence electrons. The minimum atomic E-state index is -1.08. The second-order valence-corrected chi connectivity index (χ2v) is 4.28. The third-order valence-corrected chi connectivity index (χ3v) is 2.95. The van der Waals surface area contributed by atoms with Gasteiger partial charge in [-0.25, -0.2) is 8.78 Å². The van der Waals surface area contributed by atoms with Crippen molar-refractivity contribution in [3.63, 3.8) is 0 Å². The topological polar surface area (TPSA) is 55.6 Å². The molecule has 0 aromatic heterocycles. The molecule has 2 N–H and O–H groups in total. The Morgan fingerprint density at radius 2 is 2.11 bits per heavy atom. The zero-order valence-corrected chi connectivity index (χ0v) is 9.95. The monoisotopic (exact) mass is 256 g/mol. The fraction of sp³-hybridized carbons (Fsp3) is 0.417. The van der Waals surface area contributed by atoms with Crippen LogP contribution in [-0.4, -0.2) is 36.6 Å². The van der Waals surface area contributed by atoms with Gasteiger partial charge in [-0.2, -0.15) is 0 Å². The molecular formula is C12H14F2N2O2. The van der Waals surface area contributed by atoms with E-state index >= 15 is 0 Å². The van der Waals surface area contributed by atoms with Gasteiger partial charge in [0.15, 0.2) is 11.6 Å². The van der Waals surface area contributed by atoms with Crippen LogP contribution in [0.5, 0.6) is 0 Å². The second-order valence-electron chi connectivity index (χ2n) is 4.28. The molecule has 1 fully saturated rings. The normalized spacial score (nSPS) is 19.9. The number of anilines is 1. The maximum Gasteiger partial charge on any atom is 0.256 e. The molecule has 1 amide bonds. The van der Waals surface area contributed by atoms with Gasteiger partial charge < -0.3 is 15.4 Å². The summed E-state index contributed by atoms with van der Waals surface area (Å²) >= 11 is 0. The van der Waals surface area contributed by atoms with Gasteiger partial charge in [0.25, 0.3) is 5.91 Å². The quantitative estimate of drug-likeness (QED) is 0.773.